The lowest BCUT2D eigenvalue weighted by molar-refractivity contribution is 0.0157. The number of H-pyrrole nitrogens is 1. The number of rotatable bonds is 4. The van der Waals surface area contributed by atoms with Crippen LogP contribution in [-0.4, -0.2) is 70.5 Å². The predicted molar refractivity (Wildman–Crippen MR) is 104 cm³/mol. The number of fused-ring (bicyclic) bond motifs is 3. The maximum Gasteiger partial charge on any atom is 0.169 e. The van der Waals surface area contributed by atoms with Crippen LogP contribution >= 0.6 is 0 Å². The number of β-amino-alcohol motifs (C(OH)–C–C–N with tert-alkyl or cyclic N) is 1. The van der Waals surface area contributed by atoms with Gasteiger partial charge in [0.15, 0.2) is 5.78 Å². The Kier molecular flexibility index (Phi) is 4.82. The molecule has 6 heteroatoms. The van der Waals surface area contributed by atoms with E-state index in [1.165, 1.54) is 12.1 Å². The van der Waals surface area contributed by atoms with Crippen molar-refractivity contribution in [2.24, 2.45) is 5.92 Å². The topological polar surface area (TPSA) is 59.6 Å². The third kappa shape index (κ3) is 3.93. The van der Waals surface area contributed by atoms with Gasteiger partial charge in [0.2, 0.25) is 0 Å². The van der Waals surface area contributed by atoms with Crippen LogP contribution in [0.25, 0.3) is 10.9 Å². The lowest BCUT2D eigenvalue weighted by Crippen LogP contribution is -2.51. The molecule has 1 aliphatic carbocycles. The molecule has 4 rings (SSSR count). The quantitative estimate of drug-likeness (QED) is 0.864. The number of Topliss-reactive ketones (excluding diaryl/α,β-unsaturated/α-hetero) is 1. The van der Waals surface area contributed by atoms with Crippen molar-refractivity contribution < 1.29 is 14.3 Å². The molecule has 27 heavy (non-hydrogen) atoms. The summed E-state index contributed by atoms with van der Waals surface area (Å²) in [6, 6.07) is 4.62. The number of nitrogens with zero attached hydrogens (tertiary/aromatic N) is 2. The first kappa shape index (κ1) is 18.6. The largest absolute Gasteiger partial charge is 0.389 e. The second-order valence-electron chi connectivity index (χ2n) is 8.66. The second kappa shape index (κ2) is 7.00. The molecule has 1 aromatic carbocycles. The molecule has 0 spiro atoms. The molecular formula is C21H28FN3O2. The highest BCUT2D eigenvalue weighted by Gasteiger charge is 2.33. The number of ketones is 1. The molecule has 2 N–H and O–H groups in total. The summed E-state index contributed by atoms with van der Waals surface area (Å²) in [5, 5.41) is 10.7. The number of hydrogen-bond donors (Lipinski definition) is 2. The smallest absolute Gasteiger partial charge is 0.169 e. The van der Waals surface area contributed by atoms with Crippen molar-refractivity contribution in [1.29, 1.82) is 0 Å². The number of aliphatic hydroxyl groups is 1. The number of carbonyl (C=O) groups is 1. The van der Waals surface area contributed by atoms with E-state index in [1.807, 2.05) is 13.8 Å². The third-order valence-corrected chi connectivity index (χ3v) is 5.75. The fourth-order valence-corrected chi connectivity index (χ4v) is 4.51. The molecule has 0 radical (unpaired) electrons. The number of hydrogen-bond acceptors (Lipinski definition) is 4. The standard InChI is InChI=1S/C21H28FN3O2/c1-21(2,27)13-25-9-7-24(8-10-25)12-14-3-5-18-19(20(14)26)16-11-15(22)4-6-17(16)23-18/h4,6,11,14,23,27H,3,5,7-10,12-13H2,1-2H3. The Balaban J connectivity index is 1.43. The van der Waals surface area contributed by atoms with Crippen LogP contribution in [0, 0.1) is 11.7 Å². The number of benzene rings is 1. The summed E-state index contributed by atoms with van der Waals surface area (Å²) >= 11 is 0. The van der Waals surface area contributed by atoms with Gasteiger partial charge in [0.25, 0.3) is 0 Å². The van der Waals surface area contributed by atoms with Gasteiger partial charge in [-0.15, -0.1) is 0 Å². The summed E-state index contributed by atoms with van der Waals surface area (Å²) in [6.45, 7) is 8.75. The van der Waals surface area contributed by atoms with Crippen LogP contribution in [0.5, 0.6) is 0 Å². The number of aryl methyl sites for hydroxylation is 1. The van der Waals surface area contributed by atoms with Crippen LogP contribution in [0.1, 0.15) is 36.3 Å². The van der Waals surface area contributed by atoms with Gasteiger partial charge in [-0.3, -0.25) is 9.69 Å². The Bertz CT molecular complexity index is 847. The van der Waals surface area contributed by atoms with E-state index < -0.39 is 5.60 Å². The van der Waals surface area contributed by atoms with Gasteiger partial charge in [0.05, 0.1) is 5.60 Å². The molecular weight excluding hydrogens is 345 g/mol. The van der Waals surface area contributed by atoms with Gasteiger partial charge in [0.1, 0.15) is 5.82 Å². The predicted octanol–water partition coefficient (Wildman–Crippen LogP) is 2.44. The van der Waals surface area contributed by atoms with Crippen molar-refractivity contribution >= 4 is 16.7 Å². The monoisotopic (exact) mass is 373 g/mol. The summed E-state index contributed by atoms with van der Waals surface area (Å²) in [7, 11) is 0. The highest BCUT2D eigenvalue weighted by atomic mass is 19.1. The van der Waals surface area contributed by atoms with Gasteiger partial charge in [-0.05, 0) is 44.9 Å². The van der Waals surface area contributed by atoms with Crippen molar-refractivity contribution in [3.63, 3.8) is 0 Å². The van der Waals surface area contributed by atoms with Gasteiger partial charge >= 0.3 is 0 Å². The number of carbonyl (C=O) groups excluding carboxylic acids is 1. The van der Waals surface area contributed by atoms with Crippen molar-refractivity contribution in [2.45, 2.75) is 32.3 Å². The number of aromatic nitrogens is 1. The van der Waals surface area contributed by atoms with Crippen LogP contribution in [0.2, 0.25) is 0 Å². The fraction of sp³-hybridized carbons (Fsp3) is 0.571. The van der Waals surface area contributed by atoms with Gasteiger partial charge < -0.3 is 15.0 Å². The first-order chi connectivity index (χ1) is 12.8. The minimum absolute atomic E-state index is 0.0272. The molecule has 2 aliphatic rings. The molecule has 0 amide bonds. The van der Waals surface area contributed by atoms with E-state index in [2.05, 4.69) is 14.8 Å². The molecule has 2 heterocycles. The lowest BCUT2D eigenvalue weighted by Gasteiger charge is -2.38. The number of piperazine rings is 1. The Morgan fingerprint density at radius 3 is 2.63 bits per heavy atom. The highest BCUT2D eigenvalue weighted by molar-refractivity contribution is 6.11. The first-order valence-electron chi connectivity index (χ1n) is 9.81. The Morgan fingerprint density at radius 1 is 1.22 bits per heavy atom. The van der Waals surface area contributed by atoms with E-state index in [1.54, 1.807) is 6.07 Å². The molecule has 1 unspecified atom stereocenters. The van der Waals surface area contributed by atoms with Crippen LogP contribution in [0.15, 0.2) is 18.2 Å². The summed E-state index contributed by atoms with van der Waals surface area (Å²) in [5.41, 5.74) is 1.81. The number of nitrogens with one attached hydrogen (secondary N) is 1. The highest BCUT2D eigenvalue weighted by Crippen LogP contribution is 2.32. The molecule has 1 aliphatic heterocycles. The van der Waals surface area contributed by atoms with E-state index in [9.17, 15) is 14.3 Å². The van der Waals surface area contributed by atoms with Gasteiger partial charge in [-0.1, -0.05) is 0 Å². The average Bonchev–Trinajstić information content (AvgIpc) is 2.96. The molecule has 146 valence electrons. The van der Waals surface area contributed by atoms with E-state index in [0.29, 0.717) is 12.1 Å². The zero-order chi connectivity index (χ0) is 19.2. The third-order valence-electron chi connectivity index (χ3n) is 5.75. The normalized spacial score (nSPS) is 22.4. The molecule has 5 nitrogen and oxygen atoms in total. The summed E-state index contributed by atoms with van der Waals surface area (Å²) < 4.78 is 13.7. The zero-order valence-electron chi connectivity index (χ0n) is 16.1. The van der Waals surface area contributed by atoms with E-state index in [4.69, 9.17) is 0 Å². The Morgan fingerprint density at radius 2 is 1.93 bits per heavy atom. The van der Waals surface area contributed by atoms with Crippen LogP contribution in [0.4, 0.5) is 4.39 Å². The Hall–Kier alpha value is -1.76. The summed E-state index contributed by atoms with van der Waals surface area (Å²) in [6.07, 6.45) is 1.67. The van der Waals surface area contributed by atoms with Crippen molar-refractivity contribution in [3.05, 3.63) is 35.3 Å². The SMILES string of the molecule is CC(C)(O)CN1CCN(CC2CCc3[nH]c4ccc(F)cc4c3C2=O)CC1. The maximum absolute atomic E-state index is 13.7. The fourth-order valence-electron chi connectivity index (χ4n) is 4.51. The number of aromatic amines is 1. The van der Waals surface area contributed by atoms with Crippen LogP contribution in [-0.2, 0) is 6.42 Å². The van der Waals surface area contributed by atoms with Gasteiger partial charge in [0, 0.05) is 67.3 Å². The van der Waals surface area contributed by atoms with Crippen LogP contribution < -0.4 is 0 Å². The van der Waals surface area contributed by atoms with Gasteiger partial charge in [-0.2, -0.15) is 0 Å². The van der Waals surface area contributed by atoms with Crippen molar-refractivity contribution in [1.82, 2.24) is 14.8 Å². The molecule has 0 bridgehead atoms. The molecule has 1 saturated heterocycles. The van der Waals surface area contributed by atoms with Crippen LogP contribution in [0.3, 0.4) is 0 Å². The molecule has 1 fully saturated rings. The average molecular weight is 373 g/mol. The second-order valence-corrected chi connectivity index (χ2v) is 8.66. The molecule has 1 aromatic heterocycles. The van der Waals surface area contributed by atoms with Gasteiger partial charge in [-0.25, -0.2) is 4.39 Å². The summed E-state index contributed by atoms with van der Waals surface area (Å²) in [5.74, 6) is -0.185. The first-order valence-corrected chi connectivity index (χ1v) is 9.81. The minimum Gasteiger partial charge on any atom is -0.389 e. The molecule has 0 saturated carbocycles. The van der Waals surface area contributed by atoms with E-state index in [-0.39, 0.29) is 17.5 Å². The summed E-state index contributed by atoms with van der Waals surface area (Å²) in [4.78, 5) is 21.0. The molecule has 2 aromatic rings. The Labute approximate surface area is 159 Å². The van der Waals surface area contributed by atoms with Crippen molar-refractivity contribution in [3.8, 4) is 0 Å². The van der Waals surface area contributed by atoms with Crippen molar-refractivity contribution in [2.75, 3.05) is 39.3 Å². The molecule has 1 atom stereocenters. The van der Waals surface area contributed by atoms with E-state index >= 15 is 0 Å². The maximum atomic E-state index is 13.7. The minimum atomic E-state index is -0.678. The van der Waals surface area contributed by atoms with E-state index in [0.717, 1.165) is 62.2 Å². The number of halogens is 1. The zero-order valence-corrected chi connectivity index (χ0v) is 16.1. The lowest BCUT2D eigenvalue weighted by atomic mass is 9.84.